The largest absolute Gasteiger partial charge is 0.506 e. The van der Waals surface area contributed by atoms with E-state index in [9.17, 15) is 19.8 Å². The molecule has 0 aliphatic rings. The molecule has 0 unspecified atom stereocenters. The van der Waals surface area contributed by atoms with Crippen molar-refractivity contribution in [2.45, 2.75) is 0 Å². The Balaban J connectivity index is 2.35. The molecule has 2 aromatic rings. The summed E-state index contributed by atoms with van der Waals surface area (Å²) >= 11 is 0. The number of aliphatic hydroxyl groups excluding tert-OH is 2. The summed E-state index contributed by atoms with van der Waals surface area (Å²) in [6.07, 6.45) is 0. The van der Waals surface area contributed by atoms with Gasteiger partial charge < -0.3 is 19.7 Å². The van der Waals surface area contributed by atoms with Crippen LogP contribution in [-0.4, -0.2) is 36.4 Å². The van der Waals surface area contributed by atoms with Crippen LogP contribution in [0, 0.1) is 22.7 Å². The van der Waals surface area contributed by atoms with Crippen molar-refractivity contribution in [1.82, 2.24) is 0 Å². The Morgan fingerprint density at radius 2 is 1.00 bits per heavy atom. The van der Waals surface area contributed by atoms with Crippen molar-refractivity contribution >= 4 is 23.5 Å². The summed E-state index contributed by atoms with van der Waals surface area (Å²) < 4.78 is 8.93. The highest BCUT2D eigenvalue weighted by molar-refractivity contribution is 6.00. The standard InChI is InChI=1S/C22H16N2O6/c1-29-21(27)17(11-23)19(25)15-7-3-13(4-8-15)14-5-9-16(10-6-14)20(26)18(12-24)22(28)30-2/h3-10,25-26H,1-2H3/b19-17-,20-18-. The van der Waals surface area contributed by atoms with Gasteiger partial charge in [-0.1, -0.05) is 48.5 Å². The van der Waals surface area contributed by atoms with Gasteiger partial charge in [-0.3, -0.25) is 0 Å². The van der Waals surface area contributed by atoms with E-state index in [0.29, 0.717) is 0 Å². The van der Waals surface area contributed by atoms with Crippen LogP contribution in [0.5, 0.6) is 0 Å². The zero-order valence-corrected chi connectivity index (χ0v) is 16.0. The summed E-state index contributed by atoms with van der Waals surface area (Å²) in [6, 6.07) is 16.0. The summed E-state index contributed by atoms with van der Waals surface area (Å²) in [4.78, 5) is 23.1. The van der Waals surface area contributed by atoms with Crippen molar-refractivity contribution in [2.75, 3.05) is 14.2 Å². The van der Waals surface area contributed by atoms with Crippen molar-refractivity contribution in [3.63, 3.8) is 0 Å². The predicted octanol–water partition coefficient (Wildman–Crippen LogP) is 3.28. The van der Waals surface area contributed by atoms with Gasteiger partial charge in [0.05, 0.1) is 14.2 Å². The molecule has 0 amide bonds. The molecule has 0 spiro atoms. The Bertz CT molecular complexity index is 1020. The molecule has 0 radical (unpaired) electrons. The molecule has 8 nitrogen and oxygen atoms in total. The van der Waals surface area contributed by atoms with E-state index in [4.69, 9.17) is 10.5 Å². The molecule has 30 heavy (non-hydrogen) atoms. The Kier molecular flexibility index (Phi) is 6.94. The van der Waals surface area contributed by atoms with Gasteiger partial charge in [-0.15, -0.1) is 0 Å². The van der Waals surface area contributed by atoms with Gasteiger partial charge in [-0.25, -0.2) is 9.59 Å². The minimum Gasteiger partial charge on any atom is -0.506 e. The fraction of sp³-hybridized carbons (Fsp3) is 0.0909. The van der Waals surface area contributed by atoms with Crippen molar-refractivity contribution in [3.8, 4) is 23.3 Å². The third-order valence-corrected chi connectivity index (χ3v) is 4.13. The van der Waals surface area contributed by atoms with Crippen LogP contribution in [0.25, 0.3) is 22.6 Å². The normalized spacial score (nSPS) is 11.9. The molecule has 0 saturated heterocycles. The van der Waals surface area contributed by atoms with Crippen molar-refractivity contribution in [2.24, 2.45) is 0 Å². The van der Waals surface area contributed by atoms with E-state index in [1.807, 2.05) is 0 Å². The van der Waals surface area contributed by atoms with Gasteiger partial charge in [0.1, 0.15) is 23.7 Å². The van der Waals surface area contributed by atoms with Gasteiger partial charge in [-0.2, -0.15) is 10.5 Å². The van der Waals surface area contributed by atoms with E-state index in [1.165, 1.54) is 24.3 Å². The van der Waals surface area contributed by atoms with E-state index in [2.05, 4.69) is 9.47 Å². The van der Waals surface area contributed by atoms with Gasteiger partial charge in [0.25, 0.3) is 0 Å². The lowest BCUT2D eigenvalue weighted by Gasteiger charge is -2.07. The summed E-state index contributed by atoms with van der Waals surface area (Å²) in [7, 11) is 2.22. The smallest absolute Gasteiger partial charge is 0.352 e. The van der Waals surface area contributed by atoms with Gasteiger partial charge in [0.2, 0.25) is 0 Å². The third kappa shape index (κ3) is 4.46. The molecule has 150 valence electrons. The first kappa shape index (κ1) is 21.7. The summed E-state index contributed by atoms with van der Waals surface area (Å²) in [5.74, 6) is -2.86. The van der Waals surface area contributed by atoms with Crippen LogP contribution in [0.15, 0.2) is 59.7 Å². The van der Waals surface area contributed by atoms with E-state index in [1.54, 1.807) is 36.4 Å². The van der Waals surface area contributed by atoms with Crippen molar-refractivity contribution in [3.05, 3.63) is 70.8 Å². The second-order valence-corrected chi connectivity index (χ2v) is 5.81. The second kappa shape index (κ2) is 9.58. The molecule has 2 aromatic carbocycles. The first-order valence-electron chi connectivity index (χ1n) is 8.42. The molecule has 0 fully saturated rings. The number of methoxy groups -OCH3 is 2. The Hall–Kier alpha value is -4.56. The van der Waals surface area contributed by atoms with Gasteiger partial charge in [0, 0.05) is 11.1 Å². The van der Waals surface area contributed by atoms with Crippen LogP contribution in [-0.2, 0) is 19.1 Å². The quantitative estimate of drug-likeness (QED) is 0.335. The number of carbonyl (C=O) groups is 2. The maximum atomic E-state index is 11.5. The number of rotatable bonds is 5. The second-order valence-electron chi connectivity index (χ2n) is 5.81. The molecule has 0 saturated carbocycles. The molecule has 0 atom stereocenters. The highest BCUT2D eigenvalue weighted by Crippen LogP contribution is 2.25. The van der Waals surface area contributed by atoms with Gasteiger partial charge >= 0.3 is 11.9 Å². The van der Waals surface area contributed by atoms with Crippen molar-refractivity contribution < 1.29 is 29.3 Å². The monoisotopic (exact) mass is 404 g/mol. The number of nitrogens with zero attached hydrogens (tertiary/aromatic N) is 2. The number of nitriles is 2. The van der Waals surface area contributed by atoms with E-state index >= 15 is 0 Å². The molecule has 0 aliphatic carbocycles. The summed E-state index contributed by atoms with van der Waals surface area (Å²) in [5, 5.41) is 38.3. The maximum Gasteiger partial charge on any atom is 0.352 e. The van der Waals surface area contributed by atoms with Crippen LogP contribution >= 0.6 is 0 Å². The Morgan fingerprint density at radius 3 is 1.23 bits per heavy atom. The van der Waals surface area contributed by atoms with E-state index < -0.39 is 34.6 Å². The number of carbonyl (C=O) groups excluding carboxylic acids is 2. The molecule has 2 N–H and O–H groups in total. The summed E-state index contributed by atoms with van der Waals surface area (Å²) in [6.45, 7) is 0. The molecule has 8 heteroatoms. The zero-order valence-electron chi connectivity index (χ0n) is 16.0. The maximum absolute atomic E-state index is 11.5. The van der Waals surface area contributed by atoms with Crippen molar-refractivity contribution in [1.29, 1.82) is 10.5 Å². The SMILES string of the molecule is COC(=O)/C(C#N)=C(\O)c1ccc(-c2ccc(/C(O)=C(\C#N)C(=O)OC)cc2)cc1. The average molecular weight is 404 g/mol. The highest BCUT2D eigenvalue weighted by Gasteiger charge is 2.18. The fourth-order valence-electron chi connectivity index (χ4n) is 2.52. The molecule has 0 aromatic heterocycles. The van der Waals surface area contributed by atoms with E-state index in [0.717, 1.165) is 25.3 Å². The number of hydrogen-bond acceptors (Lipinski definition) is 8. The van der Waals surface area contributed by atoms with Gasteiger partial charge in [-0.05, 0) is 11.1 Å². The van der Waals surface area contributed by atoms with Crippen LogP contribution in [0.2, 0.25) is 0 Å². The van der Waals surface area contributed by atoms with Crippen LogP contribution in [0.1, 0.15) is 11.1 Å². The number of benzene rings is 2. The van der Waals surface area contributed by atoms with Crippen LogP contribution in [0.3, 0.4) is 0 Å². The Labute approximate surface area is 172 Å². The predicted molar refractivity (Wildman–Crippen MR) is 106 cm³/mol. The van der Waals surface area contributed by atoms with E-state index in [-0.39, 0.29) is 11.1 Å². The molecular weight excluding hydrogens is 388 g/mol. The lowest BCUT2D eigenvalue weighted by atomic mass is 10.00. The molecule has 2 rings (SSSR count). The van der Waals surface area contributed by atoms with Crippen LogP contribution in [0.4, 0.5) is 0 Å². The number of hydrogen-bond donors (Lipinski definition) is 2. The minimum atomic E-state index is -0.939. The zero-order chi connectivity index (χ0) is 22.3. The molecule has 0 aliphatic heterocycles. The molecular formula is C22H16N2O6. The molecule has 0 heterocycles. The third-order valence-electron chi connectivity index (χ3n) is 4.13. The summed E-state index contributed by atoms with van der Waals surface area (Å²) in [5.41, 5.74) is 0.994. The first-order chi connectivity index (χ1) is 14.4. The Morgan fingerprint density at radius 1 is 0.700 bits per heavy atom. The number of aliphatic hydroxyl groups is 2. The highest BCUT2D eigenvalue weighted by atomic mass is 16.5. The molecule has 0 bridgehead atoms. The topological polar surface area (TPSA) is 141 Å². The minimum absolute atomic E-state index is 0.259. The van der Waals surface area contributed by atoms with Gasteiger partial charge in [0.15, 0.2) is 11.1 Å². The van der Waals surface area contributed by atoms with Crippen LogP contribution < -0.4 is 0 Å². The average Bonchev–Trinajstić information content (AvgIpc) is 2.79. The first-order valence-corrected chi connectivity index (χ1v) is 8.42. The fourth-order valence-corrected chi connectivity index (χ4v) is 2.52. The number of esters is 2. The lowest BCUT2D eigenvalue weighted by molar-refractivity contribution is -0.136. The lowest BCUT2D eigenvalue weighted by Crippen LogP contribution is -2.06. The number of ether oxygens (including phenoxy) is 2.